The summed E-state index contributed by atoms with van der Waals surface area (Å²) in [7, 11) is -5.16. The van der Waals surface area contributed by atoms with E-state index in [9.17, 15) is 22.2 Å². The number of rotatable bonds is 7. The van der Waals surface area contributed by atoms with Crippen LogP contribution in [-0.2, 0) is 19.6 Å². The molecule has 0 heterocycles. The maximum Gasteiger partial charge on any atom is 0.362 e. The SMILES string of the molecule is CCCCC(F)(C(=O)OCC12CC3CC(CC(C3)C1)C2)S(=O)(=O)O. The van der Waals surface area contributed by atoms with Crippen molar-refractivity contribution >= 4 is 16.1 Å². The first-order chi connectivity index (χ1) is 11.2. The Morgan fingerprint density at radius 3 is 2.12 bits per heavy atom. The second-order valence-electron chi connectivity index (χ2n) is 8.30. The van der Waals surface area contributed by atoms with Crippen LogP contribution in [0.15, 0.2) is 0 Å². The molecule has 7 heteroatoms. The highest BCUT2D eigenvalue weighted by molar-refractivity contribution is 7.87. The number of unbranched alkanes of at least 4 members (excludes halogenated alkanes) is 1. The fourth-order valence-corrected chi connectivity index (χ4v) is 6.21. The number of hydrogen-bond acceptors (Lipinski definition) is 4. The monoisotopic (exact) mass is 362 g/mol. The van der Waals surface area contributed by atoms with E-state index in [4.69, 9.17) is 4.74 Å². The molecule has 1 unspecified atom stereocenters. The van der Waals surface area contributed by atoms with Crippen LogP contribution in [0.4, 0.5) is 4.39 Å². The number of ether oxygens (including phenoxy) is 1. The standard InChI is InChI=1S/C17H27FO5S/c1-2-3-4-17(18,24(20,21)22)15(19)23-11-16-8-12-5-13(9-16)7-14(6-12)10-16/h12-14H,2-11H2,1H3,(H,20,21,22). The average molecular weight is 362 g/mol. The van der Waals surface area contributed by atoms with Gasteiger partial charge in [-0.15, -0.1) is 0 Å². The summed E-state index contributed by atoms with van der Waals surface area (Å²) in [5.74, 6) is 0.527. The van der Waals surface area contributed by atoms with Crippen LogP contribution in [0.25, 0.3) is 0 Å². The number of alkyl halides is 1. The van der Waals surface area contributed by atoms with Crippen LogP contribution in [0.2, 0.25) is 0 Å². The highest BCUT2D eigenvalue weighted by atomic mass is 32.2. The quantitative estimate of drug-likeness (QED) is 0.554. The van der Waals surface area contributed by atoms with Crippen molar-refractivity contribution in [3.05, 3.63) is 0 Å². The van der Waals surface area contributed by atoms with Crippen molar-refractivity contribution in [2.75, 3.05) is 6.61 Å². The Bertz CT molecular complexity index is 567. The Morgan fingerprint density at radius 1 is 1.21 bits per heavy atom. The molecule has 0 aromatic rings. The second kappa shape index (κ2) is 6.24. The maximum atomic E-state index is 14.7. The number of esters is 1. The first kappa shape index (κ1) is 18.1. The lowest BCUT2D eigenvalue weighted by Gasteiger charge is -2.56. The molecule has 1 N–H and O–H groups in total. The van der Waals surface area contributed by atoms with Crippen molar-refractivity contribution in [3.8, 4) is 0 Å². The number of hydrogen-bond donors (Lipinski definition) is 1. The predicted molar refractivity (Wildman–Crippen MR) is 86.5 cm³/mol. The first-order valence-corrected chi connectivity index (χ1v) is 10.4. The van der Waals surface area contributed by atoms with Gasteiger partial charge >= 0.3 is 21.1 Å². The lowest BCUT2D eigenvalue weighted by Crippen LogP contribution is -2.50. The molecule has 0 aromatic heterocycles. The van der Waals surface area contributed by atoms with Crippen molar-refractivity contribution in [3.63, 3.8) is 0 Å². The van der Waals surface area contributed by atoms with Crippen LogP contribution in [0.5, 0.6) is 0 Å². The molecule has 0 radical (unpaired) electrons. The minimum absolute atomic E-state index is 0.0721. The summed E-state index contributed by atoms with van der Waals surface area (Å²) in [5, 5.41) is -3.34. The third-order valence-corrected chi connectivity index (χ3v) is 7.43. The number of halogens is 1. The van der Waals surface area contributed by atoms with Crippen LogP contribution in [0.1, 0.15) is 64.7 Å². The molecule has 5 nitrogen and oxygen atoms in total. The lowest BCUT2D eigenvalue weighted by atomic mass is 9.50. The van der Waals surface area contributed by atoms with E-state index in [0.29, 0.717) is 24.2 Å². The zero-order valence-electron chi connectivity index (χ0n) is 14.2. The topological polar surface area (TPSA) is 80.7 Å². The molecule has 0 saturated heterocycles. The fourth-order valence-electron chi connectivity index (χ4n) is 5.53. The summed E-state index contributed by atoms with van der Waals surface area (Å²) in [6, 6.07) is 0. The molecule has 4 rings (SSSR count). The van der Waals surface area contributed by atoms with E-state index < -0.39 is 27.5 Å². The highest BCUT2D eigenvalue weighted by Crippen LogP contribution is 2.60. The van der Waals surface area contributed by atoms with Crippen molar-refractivity contribution in [1.82, 2.24) is 0 Å². The molecule has 0 amide bonds. The van der Waals surface area contributed by atoms with E-state index in [1.165, 1.54) is 19.3 Å². The molecule has 4 saturated carbocycles. The van der Waals surface area contributed by atoms with Gasteiger partial charge in [0.25, 0.3) is 0 Å². The first-order valence-electron chi connectivity index (χ1n) is 9.01. The molecule has 138 valence electrons. The molecule has 4 bridgehead atoms. The molecule has 0 aromatic carbocycles. The smallest absolute Gasteiger partial charge is 0.362 e. The molecule has 4 aliphatic carbocycles. The molecule has 0 aliphatic heterocycles. The largest absolute Gasteiger partial charge is 0.462 e. The zero-order chi connectivity index (χ0) is 17.6. The van der Waals surface area contributed by atoms with Crippen LogP contribution in [0.3, 0.4) is 0 Å². The lowest BCUT2D eigenvalue weighted by molar-refractivity contribution is -0.164. The second-order valence-corrected chi connectivity index (χ2v) is 9.90. The summed E-state index contributed by atoms with van der Waals surface area (Å²) in [6.45, 7) is 1.83. The Labute approximate surface area is 143 Å². The maximum absolute atomic E-state index is 14.7. The van der Waals surface area contributed by atoms with Gasteiger partial charge in [-0.25, -0.2) is 9.18 Å². The van der Waals surface area contributed by atoms with Gasteiger partial charge in [0, 0.05) is 11.8 Å². The minimum atomic E-state index is -5.16. The van der Waals surface area contributed by atoms with E-state index >= 15 is 0 Å². The molecular formula is C17H27FO5S. The average Bonchev–Trinajstić information content (AvgIpc) is 2.47. The predicted octanol–water partition coefficient (Wildman–Crippen LogP) is 3.49. The summed E-state index contributed by atoms with van der Waals surface area (Å²) < 4.78 is 51.9. The van der Waals surface area contributed by atoms with E-state index in [0.717, 1.165) is 19.3 Å². The van der Waals surface area contributed by atoms with Crippen LogP contribution in [-0.4, -0.2) is 30.5 Å². The third kappa shape index (κ3) is 3.21. The van der Waals surface area contributed by atoms with Crippen LogP contribution < -0.4 is 0 Å². The summed E-state index contributed by atoms with van der Waals surface area (Å²) >= 11 is 0. The van der Waals surface area contributed by atoms with Gasteiger partial charge in [0.1, 0.15) is 0 Å². The van der Waals surface area contributed by atoms with Crippen LogP contribution in [0, 0.1) is 23.2 Å². The van der Waals surface area contributed by atoms with Gasteiger partial charge in [-0.2, -0.15) is 8.42 Å². The normalized spacial score (nSPS) is 37.2. The van der Waals surface area contributed by atoms with Crippen molar-refractivity contribution in [2.45, 2.75) is 69.7 Å². The zero-order valence-corrected chi connectivity index (χ0v) is 15.0. The van der Waals surface area contributed by atoms with Crippen molar-refractivity contribution in [2.24, 2.45) is 23.2 Å². The Balaban J connectivity index is 1.68. The Morgan fingerprint density at radius 2 is 1.71 bits per heavy atom. The molecule has 4 fully saturated rings. The van der Waals surface area contributed by atoms with Crippen molar-refractivity contribution in [1.29, 1.82) is 0 Å². The van der Waals surface area contributed by atoms with Gasteiger partial charge < -0.3 is 4.74 Å². The number of carbonyl (C=O) groups excluding carboxylic acids is 1. The van der Waals surface area contributed by atoms with Crippen molar-refractivity contribution < 1.29 is 26.9 Å². The Hall–Kier alpha value is -0.690. The van der Waals surface area contributed by atoms with Gasteiger partial charge in [-0.05, 0) is 62.7 Å². The van der Waals surface area contributed by atoms with E-state index in [1.807, 2.05) is 0 Å². The Kier molecular flexibility index (Phi) is 4.71. The van der Waals surface area contributed by atoms with Gasteiger partial charge in [0.15, 0.2) is 0 Å². The number of carbonyl (C=O) groups is 1. The molecule has 0 spiro atoms. The summed E-state index contributed by atoms with van der Waals surface area (Å²) in [4.78, 5) is 12.2. The van der Waals surface area contributed by atoms with E-state index in [1.54, 1.807) is 6.92 Å². The summed E-state index contributed by atoms with van der Waals surface area (Å²) in [6.07, 6.45) is 6.78. The fraction of sp³-hybridized carbons (Fsp3) is 0.941. The molecule has 24 heavy (non-hydrogen) atoms. The van der Waals surface area contributed by atoms with Gasteiger partial charge in [-0.1, -0.05) is 13.3 Å². The van der Waals surface area contributed by atoms with E-state index in [-0.39, 0.29) is 18.4 Å². The summed E-state index contributed by atoms with van der Waals surface area (Å²) in [5.41, 5.74) is -0.116. The minimum Gasteiger partial charge on any atom is -0.462 e. The van der Waals surface area contributed by atoms with E-state index in [2.05, 4.69) is 0 Å². The van der Waals surface area contributed by atoms with Crippen LogP contribution >= 0.6 is 0 Å². The highest BCUT2D eigenvalue weighted by Gasteiger charge is 2.55. The third-order valence-electron chi connectivity index (χ3n) is 6.24. The van der Waals surface area contributed by atoms with Gasteiger partial charge in [0.2, 0.25) is 0 Å². The molecule has 1 atom stereocenters. The molecule has 4 aliphatic rings. The van der Waals surface area contributed by atoms with Gasteiger partial charge in [0.05, 0.1) is 6.61 Å². The molecular weight excluding hydrogens is 335 g/mol. The van der Waals surface area contributed by atoms with Gasteiger partial charge in [-0.3, -0.25) is 4.55 Å².